The summed E-state index contributed by atoms with van der Waals surface area (Å²) in [7, 11) is 0. The van der Waals surface area contributed by atoms with Crippen molar-refractivity contribution in [1.29, 1.82) is 0 Å². The quantitative estimate of drug-likeness (QED) is 0.192. The number of benzene rings is 1. The number of rotatable bonds is 11. The number of carbonyl (C=O) groups is 4. The van der Waals surface area contributed by atoms with E-state index in [1.165, 1.54) is 36.4 Å². The van der Waals surface area contributed by atoms with Gasteiger partial charge in [0.1, 0.15) is 11.7 Å². The minimum absolute atomic E-state index is 0.0648. The summed E-state index contributed by atoms with van der Waals surface area (Å²) in [6.45, 7) is 2.29. The van der Waals surface area contributed by atoms with Crippen LogP contribution >= 0.6 is 0 Å². The minimum atomic E-state index is -4.60. The van der Waals surface area contributed by atoms with Crippen LogP contribution in [0.5, 0.6) is 0 Å². The first-order valence-corrected chi connectivity index (χ1v) is 12.6. The Morgan fingerprint density at radius 3 is 2.60 bits per heavy atom. The van der Waals surface area contributed by atoms with Crippen LogP contribution in [0.25, 0.3) is 11.3 Å². The van der Waals surface area contributed by atoms with Crippen LogP contribution in [0.2, 0.25) is 0 Å². The van der Waals surface area contributed by atoms with E-state index >= 15 is 0 Å². The number of hydrogen-bond donors (Lipinski definition) is 4. The number of H-pyrrole nitrogens is 1. The summed E-state index contributed by atoms with van der Waals surface area (Å²) in [5.41, 5.74) is -1.02. The van der Waals surface area contributed by atoms with Crippen molar-refractivity contribution in [3.8, 4) is 23.6 Å². The lowest BCUT2D eigenvalue weighted by Crippen LogP contribution is -2.49. The highest BCUT2D eigenvalue weighted by atomic mass is 19.4. The summed E-state index contributed by atoms with van der Waals surface area (Å²) in [6, 6.07) is 5.59. The molecule has 0 saturated carbocycles. The Morgan fingerprint density at radius 2 is 1.95 bits per heavy atom. The molecular formula is C28H29F3N4O5. The second kappa shape index (κ2) is 13.5. The third kappa shape index (κ3) is 7.99. The van der Waals surface area contributed by atoms with Crippen LogP contribution in [-0.4, -0.2) is 53.9 Å². The van der Waals surface area contributed by atoms with Crippen molar-refractivity contribution in [3.63, 3.8) is 0 Å². The Hall–Kier alpha value is -4.53. The second-order valence-corrected chi connectivity index (χ2v) is 9.00. The van der Waals surface area contributed by atoms with E-state index in [0.717, 1.165) is 12.1 Å². The largest absolute Gasteiger partial charge is 0.463 e. The predicted molar refractivity (Wildman–Crippen MR) is 139 cm³/mol. The van der Waals surface area contributed by atoms with Gasteiger partial charge in [0.2, 0.25) is 11.8 Å². The summed E-state index contributed by atoms with van der Waals surface area (Å²) in [6.07, 6.45) is 3.92. The van der Waals surface area contributed by atoms with E-state index in [0.29, 0.717) is 13.0 Å². The van der Waals surface area contributed by atoms with Crippen LogP contribution in [-0.2, 0) is 25.3 Å². The van der Waals surface area contributed by atoms with Crippen molar-refractivity contribution in [3.05, 3.63) is 59.8 Å². The molecule has 2 heterocycles. The molecule has 2 aromatic rings. The molecule has 3 amide bonds. The number of aromatic amines is 1. The van der Waals surface area contributed by atoms with Gasteiger partial charge in [-0.3, -0.25) is 14.4 Å². The lowest BCUT2D eigenvalue weighted by Gasteiger charge is -2.22. The van der Waals surface area contributed by atoms with Gasteiger partial charge in [-0.1, -0.05) is 24.3 Å². The van der Waals surface area contributed by atoms with Crippen LogP contribution < -0.4 is 16.0 Å². The molecule has 0 bridgehead atoms. The number of ether oxygens (including phenoxy) is 1. The fourth-order valence-corrected chi connectivity index (χ4v) is 4.24. The number of halogens is 3. The fourth-order valence-electron chi connectivity index (χ4n) is 4.24. The summed E-state index contributed by atoms with van der Waals surface area (Å²) >= 11 is 0. The average molecular weight is 559 g/mol. The van der Waals surface area contributed by atoms with Crippen LogP contribution in [0.4, 0.5) is 13.2 Å². The van der Waals surface area contributed by atoms with E-state index in [2.05, 4.69) is 26.9 Å². The maximum atomic E-state index is 13.4. The molecule has 0 unspecified atom stereocenters. The van der Waals surface area contributed by atoms with E-state index in [1.54, 1.807) is 6.92 Å². The van der Waals surface area contributed by atoms with Crippen molar-refractivity contribution in [1.82, 2.24) is 20.9 Å². The molecule has 1 aromatic carbocycles. The van der Waals surface area contributed by atoms with E-state index in [1.807, 2.05) is 0 Å². The maximum absolute atomic E-state index is 13.4. The molecule has 4 N–H and O–H groups in total. The minimum Gasteiger partial charge on any atom is -0.463 e. The average Bonchev–Trinajstić information content (AvgIpc) is 3.56. The van der Waals surface area contributed by atoms with Gasteiger partial charge in [0, 0.05) is 42.3 Å². The van der Waals surface area contributed by atoms with Crippen molar-refractivity contribution in [2.24, 2.45) is 5.92 Å². The maximum Gasteiger partial charge on any atom is 0.417 e. The number of terminal acetylenes is 1. The summed E-state index contributed by atoms with van der Waals surface area (Å²) < 4.78 is 45.2. The first kappa shape index (κ1) is 30.0. The third-order valence-corrected chi connectivity index (χ3v) is 6.18. The third-order valence-electron chi connectivity index (χ3n) is 6.18. The highest BCUT2D eigenvalue weighted by Crippen LogP contribution is 2.36. The number of amides is 3. The van der Waals surface area contributed by atoms with Crippen LogP contribution in [0.3, 0.4) is 0 Å². The van der Waals surface area contributed by atoms with E-state index in [9.17, 15) is 32.3 Å². The van der Waals surface area contributed by atoms with Gasteiger partial charge >= 0.3 is 12.1 Å². The van der Waals surface area contributed by atoms with Gasteiger partial charge in [-0.05, 0) is 38.0 Å². The highest BCUT2D eigenvalue weighted by molar-refractivity contribution is 5.97. The Bertz CT molecular complexity index is 1310. The Balaban J connectivity index is 1.74. The van der Waals surface area contributed by atoms with Gasteiger partial charge < -0.3 is 25.7 Å². The zero-order chi connectivity index (χ0) is 29.3. The van der Waals surface area contributed by atoms with E-state index in [-0.39, 0.29) is 42.3 Å². The molecule has 1 aliphatic heterocycles. The summed E-state index contributed by atoms with van der Waals surface area (Å²) in [5, 5.41) is 7.90. The first-order chi connectivity index (χ1) is 19.0. The second-order valence-electron chi connectivity index (χ2n) is 9.00. The molecule has 3 rings (SSSR count). The van der Waals surface area contributed by atoms with Gasteiger partial charge in [-0.2, -0.15) is 13.2 Å². The lowest BCUT2D eigenvalue weighted by molar-refractivity contribution is -0.138. The number of alkyl halides is 3. The van der Waals surface area contributed by atoms with Crippen molar-refractivity contribution in [2.45, 2.75) is 44.4 Å². The SMILES string of the molecule is C#CC[C@H](NC(=O)c1ccc(-c2ccccc2C(F)(F)F)[nH]1)C(=O)N[C@H](/C=C/C(=O)OCC)C[C@@H]1CCNC1=O. The molecule has 0 spiro atoms. The van der Waals surface area contributed by atoms with Gasteiger partial charge in [0.15, 0.2) is 0 Å². The number of carbonyl (C=O) groups excluding carboxylic acids is 4. The normalized spacial score (nSPS) is 16.6. The molecule has 12 heteroatoms. The molecule has 40 heavy (non-hydrogen) atoms. The molecule has 1 aliphatic rings. The number of nitrogens with one attached hydrogen (secondary N) is 4. The van der Waals surface area contributed by atoms with Gasteiger partial charge in [-0.25, -0.2) is 4.79 Å². The van der Waals surface area contributed by atoms with E-state index < -0.39 is 47.5 Å². The molecule has 1 fully saturated rings. The number of hydrogen-bond acceptors (Lipinski definition) is 5. The first-order valence-electron chi connectivity index (χ1n) is 12.6. The van der Waals surface area contributed by atoms with Gasteiger partial charge in [0.05, 0.1) is 12.2 Å². The summed E-state index contributed by atoms with van der Waals surface area (Å²) in [4.78, 5) is 52.6. The summed E-state index contributed by atoms with van der Waals surface area (Å²) in [5.74, 6) is -0.311. The standard InChI is InChI=1S/C28H29F3N4O5/c1-3-7-22(26(38)33-18(10-13-24(36)40-4-2)16-17-14-15-32-25(17)37)35-27(39)23-12-11-21(34-23)19-8-5-6-9-20(19)28(29,30)31/h1,5-6,8-13,17-18,22,34H,4,7,14-16H2,2H3,(H,32,37)(H,33,38)(H,35,39)/b13-10+/t17-,18+,22-/m0/s1. The van der Waals surface area contributed by atoms with E-state index in [4.69, 9.17) is 11.2 Å². The molecule has 1 aromatic heterocycles. The lowest BCUT2D eigenvalue weighted by atomic mass is 9.97. The van der Waals surface area contributed by atoms with Crippen molar-refractivity contribution >= 4 is 23.7 Å². The van der Waals surface area contributed by atoms with Gasteiger partial charge in [-0.15, -0.1) is 12.3 Å². The zero-order valence-corrected chi connectivity index (χ0v) is 21.6. The van der Waals surface area contributed by atoms with Gasteiger partial charge in [0.25, 0.3) is 5.91 Å². The number of esters is 1. The van der Waals surface area contributed by atoms with Crippen molar-refractivity contribution < 1.29 is 37.1 Å². The number of aromatic nitrogens is 1. The molecular weight excluding hydrogens is 529 g/mol. The Labute approximate surface area is 228 Å². The molecule has 9 nitrogen and oxygen atoms in total. The van der Waals surface area contributed by atoms with Crippen LogP contribution in [0, 0.1) is 18.3 Å². The van der Waals surface area contributed by atoms with Crippen LogP contribution in [0.15, 0.2) is 48.6 Å². The fraction of sp³-hybridized carbons (Fsp3) is 0.357. The Kier molecular flexibility index (Phi) is 10.1. The molecule has 3 atom stereocenters. The monoisotopic (exact) mass is 558 g/mol. The molecule has 0 aliphatic carbocycles. The zero-order valence-electron chi connectivity index (χ0n) is 21.6. The van der Waals surface area contributed by atoms with Crippen molar-refractivity contribution in [2.75, 3.05) is 13.2 Å². The molecule has 0 radical (unpaired) electrons. The molecule has 212 valence electrons. The van der Waals surface area contributed by atoms with Crippen LogP contribution in [0.1, 0.15) is 42.2 Å². The predicted octanol–water partition coefficient (Wildman–Crippen LogP) is 2.95. The Morgan fingerprint density at radius 1 is 1.20 bits per heavy atom. The molecule has 1 saturated heterocycles. The topological polar surface area (TPSA) is 129 Å². The smallest absolute Gasteiger partial charge is 0.417 e. The highest BCUT2D eigenvalue weighted by Gasteiger charge is 2.34.